The average Bonchev–Trinajstić information content (AvgIpc) is 3.31. The zero-order valence-electron chi connectivity index (χ0n) is 12.6. The van der Waals surface area contributed by atoms with Crippen LogP contribution >= 0.6 is 11.8 Å². The maximum Gasteiger partial charge on any atom is 0.230 e. The minimum absolute atomic E-state index is 0.0720. The number of rotatable bonds is 6. The molecule has 1 aromatic heterocycles. The molecule has 1 amide bonds. The largest absolute Gasteiger partial charge is 0.349 e. The van der Waals surface area contributed by atoms with Gasteiger partial charge < -0.3 is 5.32 Å². The standard InChI is InChI=1S/C15H16N6OS/c1-10(12-4-2-11(8-16)3-5-12)17-14(22)9-23-15-18-19-20-21(15)13-6-7-13/h2-5,10,13H,6-7,9H2,1H3,(H,17,22). The summed E-state index contributed by atoms with van der Waals surface area (Å²) in [6.45, 7) is 1.91. The molecule has 1 saturated carbocycles. The van der Waals surface area contributed by atoms with E-state index in [4.69, 9.17) is 5.26 Å². The van der Waals surface area contributed by atoms with Crippen LogP contribution in [0.15, 0.2) is 29.4 Å². The Morgan fingerprint density at radius 1 is 1.48 bits per heavy atom. The molecule has 0 spiro atoms. The van der Waals surface area contributed by atoms with Crippen LogP contribution in [0.4, 0.5) is 0 Å². The van der Waals surface area contributed by atoms with Crippen LogP contribution in [-0.2, 0) is 4.79 Å². The molecule has 1 aliphatic rings. The van der Waals surface area contributed by atoms with Gasteiger partial charge in [-0.2, -0.15) is 5.26 Å². The highest BCUT2D eigenvalue weighted by Crippen LogP contribution is 2.36. The van der Waals surface area contributed by atoms with Gasteiger partial charge in [0.05, 0.1) is 29.5 Å². The van der Waals surface area contributed by atoms with E-state index < -0.39 is 0 Å². The summed E-state index contributed by atoms with van der Waals surface area (Å²) >= 11 is 1.35. The normalized spacial score (nSPS) is 15.0. The highest BCUT2D eigenvalue weighted by molar-refractivity contribution is 7.99. The molecule has 1 aliphatic carbocycles. The van der Waals surface area contributed by atoms with Crippen LogP contribution in [0, 0.1) is 11.3 Å². The number of thioether (sulfide) groups is 1. The first-order valence-corrected chi connectivity index (χ1v) is 8.36. The third-order valence-electron chi connectivity index (χ3n) is 3.61. The van der Waals surface area contributed by atoms with E-state index in [2.05, 4.69) is 26.9 Å². The number of hydrogen-bond acceptors (Lipinski definition) is 6. The summed E-state index contributed by atoms with van der Waals surface area (Å²) in [6, 6.07) is 9.55. The third kappa shape index (κ3) is 3.87. The zero-order chi connectivity index (χ0) is 16.2. The molecule has 0 saturated heterocycles. The second-order valence-electron chi connectivity index (χ2n) is 5.45. The molecule has 0 aliphatic heterocycles. The van der Waals surface area contributed by atoms with Crippen molar-refractivity contribution in [2.24, 2.45) is 0 Å². The van der Waals surface area contributed by atoms with Crippen molar-refractivity contribution in [2.45, 2.75) is 37.0 Å². The first-order chi connectivity index (χ1) is 11.2. The van der Waals surface area contributed by atoms with E-state index in [1.54, 1.807) is 16.8 Å². The van der Waals surface area contributed by atoms with Crippen molar-refractivity contribution in [3.05, 3.63) is 35.4 Å². The molecule has 1 unspecified atom stereocenters. The van der Waals surface area contributed by atoms with Crippen molar-refractivity contribution >= 4 is 17.7 Å². The van der Waals surface area contributed by atoms with Gasteiger partial charge in [0.1, 0.15) is 0 Å². The van der Waals surface area contributed by atoms with Crippen LogP contribution in [0.2, 0.25) is 0 Å². The van der Waals surface area contributed by atoms with Gasteiger partial charge in [-0.25, -0.2) is 4.68 Å². The monoisotopic (exact) mass is 328 g/mol. The van der Waals surface area contributed by atoms with Crippen LogP contribution in [-0.4, -0.2) is 31.9 Å². The van der Waals surface area contributed by atoms with Gasteiger partial charge in [0.25, 0.3) is 0 Å². The molecule has 0 bridgehead atoms. The molecule has 7 nitrogen and oxygen atoms in total. The fourth-order valence-electron chi connectivity index (χ4n) is 2.17. The molecule has 8 heteroatoms. The highest BCUT2D eigenvalue weighted by atomic mass is 32.2. The molecular weight excluding hydrogens is 312 g/mol. The highest BCUT2D eigenvalue weighted by Gasteiger charge is 2.28. The van der Waals surface area contributed by atoms with Crippen molar-refractivity contribution in [1.29, 1.82) is 5.26 Å². The van der Waals surface area contributed by atoms with Crippen LogP contribution < -0.4 is 5.32 Å². The number of hydrogen-bond donors (Lipinski definition) is 1. The van der Waals surface area contributed by atoms with Crippen LogP contribution in [0.5, 0.6) is 0 Å². The number of nitrogens with one attached hydrogen (secondary N) is 1. The molecule has 1 aromatic carbocycles. The number of nitrogens with zero attached hydrogens (tertiary/aromatic N) is 5. The smallest absolute Gasteiger partial charge is 0.230 e. The lowest BCUT2D eigenvalue weighted by atomic mass is 10.1. The van der Waals surface area contributed by atoms with Gasteiger partial charge in [0.15, 0.2) is 0 Å². The summed E-state index contributed by atoms with van der Waals surface area (Å²) in [5.74, 6) is 0.200. The number of amides is 1. The van der Waals surface area contributed by atoms with E-state index in [1.807, 2.05) is 19.1 Å². The van der Waals surface area contributed by atoms with Crippen LogP contribution in [0.3, 0.4) is 0 Å². The minimum Gasteiger partial charge on any atom is -0.349 e. The van der Waals surface area contributed by atoms with Crippen molar-refractivity contribution < 1.29 is 4.79 Å². The summed E-state index contributed by atoms with van der Waals surface area (Å²) in [5, 5.41) is 24.0. The fourth-order valence-corrected chi connectivity index (χ4v) is 2.93. The fraction of sp³-hybridized carbons (Fsp3) is 0.400. The second-order valence-corrected chi connectivity index (χ2v) is 6.39. The van der Waals surface area contributed by atoms with E-state index in [9.17, 15) is 4.79 Å². The van der Waals surface area contributed by atoms with E-state index in [1.165, 1.54) is 11.8 Å². The van der Waals surface area contributed by atoms with Crippen molar-refractivity contribution in [2.75, 3.05) is 5.75 Å². The molecule has 0 radical (unpaired) electrons. The maximum absolute atomic E-state index is 12.1. The van der Waals surface area contributed by atoms with Gasteiger partial charge >= 0.3 is 0 Å². The number of tetrazole rings is 1. The predicted molar refractivity (Wildman–Crippen MR) is 84.5 cm³/mol. The van der Waals surface area contributed by atoms with Crippen LogP contribution in [0.25, 0.3) is 0 Å². The Hall–Kier alpha value is -2.40. The van der Waals surface area contributed by atoms with E-state index in [0.29, 0.717) is 16.8 Å². The Morgan fingerprint density at radius 2 is 2.22 bits per heavy atom. The quantitative estimate of drug-likeness (QED) is 0.813. The van der Waals surface area contributed by atoms with Gasteiger partial charge in [0.2, 0.25) is 11.1 Å². The summed E-state index contributed by atoms with van der Waals surface area (Å²) in [6.07, 6.45) is 2.20. The Bertz CT molecular complexity index is 731. The number of aromatic nitrogens is 4. The van der Waals surface area contributed by atoms with Crippen LogP contribution in [0.1, 0.15) is 43.0 Å². The molecule has 1 heterocycles. The number of nitriles is 1. The lowest BCUT2D eigenvalue weighted by Crippen LogP contribution is -2.28. The molecule has 1 atom stereocenters. The molecule has 3 rings (SSSR count). The van der Waals surface area contributed by atoms with Crippen molar-refractivity contribution in [3.63, 3.8) is 0 Å². The van der Waals surface area contributed by atoms with E-state index in [0.717, 1.165) is 18.4 Å². The molecule has 1 N–H and O–H groups in total. The Labute approximate surface area is 138 Å². The number of benzene rings is 1. The van der Waals surface area contributed by atoms with Crippen molar-refractivity contribution in [3.8, 4) is 6.07 Å². The van der Waals surface area contributed by atoms with Crippen molar-refractivity contribution in [1.82, 2.24) is 25.5 Å². The number of carbonyl (C=O) groups excluding carboxylic acids is 1. The average molecular weight is 328 g/mol. The topological polar surface area (TPSA) is 96.5 Å². The van der Waals surface area contributed by atoms with Gasteiger partial charge in [-0.05, 0) is 47.9 Å². The SMILES string of the molecule is CC(NC(=O)CSc1nnnn1C1CC1)c1ccc(C#N)cc1. The zero-order valence-corrected chi connectivity index (χ0v) is 13.5. The first-order valence-electron chi connectivity index (χ1n) is 7.37. The van der Waals surface area contributed by atoms with E-state index in [-0.39, 0.29) is 17.7 Å². The summed E-state index contributed by atoms with van der Waals surface area (Å²) in [4.78, 5) is 12.1. The molecular formula is C15H16N6OS. The van der Waals surface area contributed by atoms with Gasteiger partial charge in [-0.1, -0.05) is 23.9 Å². The molecule has 2 aromatic rings. The lowest BCUT2D eigenvalue weighted by molar-refractivity contribution is -0.119. The molecule has 118 valence electrons. The minimum atomic E-state index is -0.115. The predicted octanol–water partition coefficient (Wildman–Crippen LogP) is 1.85. The molecule has 1 fully saturated rings. The van der Waals surface area contributed by atoms with Gasteiger partial charge in [-0.3, -0.25) is 4.79 Å². The third-order valence-corrected chi connectivity index (χ3v) is 4.54. The summed E-state index contributed by atoms with van der Waals surface area (Å²) in [5.41, 5.74) is 1.57. The Balaban J connectivity index is 1.52. The summed E-state index contributed by atoms with van der Waals surface area (Å²) < 4.78 is 1.79. The number of carbonyl (C=O) groups is 1. The van der Waals surface area contributed by atoms with Gasteiger partial charge in [-0.15, -0.1) is 5.10 Å². The lowest BCUT2D eigenvalue weighted by Gasteiger charge is -2.14. The first kappa shape index (κ1) is 15.5. The Kier molecular flexibility index (Phi) is 4.57. The molecule has 23 heavy (non-hydrogen) atoms. The summed E-state index contributed by atoms with van der Waals surface area (Å²) in [7, 11) is 0. The van der Waals surface area contributed by atoms with Gasteiger partial charge in [0, 0.05) is 0 Å². The second kappa shape index (κ2) is 6.79. The van der Waals surface area contributed by atoms with E-state index >= 15 is 0 Å². The Morgan fingerprint density at radius 3 is 2.87 bits per heavy atom. The maximum atomic E-state index is 12.1.